The summed E-state index contributed by atoms with van der Waals surface area (Å²) >= 11 is 1.63. The Kier molecular flexibility index (Phi) is 1.81. The lowest BCUT2D eigenvalue weighted by atomic mass is 10.4. The molecule has 2 aromatic rings. The van der Waals surface area contributed by atoms with Crippen molar-refractivity contribution in [2.75, 3.05) is 24.7 Å². The van der Waals surface area contributed by atoms with Crippen molar-refractivity contribution >= 4 is 33.3 Å². The maximum absolute atomic E-state index is 5.58. The summed E-state index contributed by atoms with van der Waals surface area (Å²) < 4.78 is 1.08. The third-order valence-electron chi connectivity index (χ3n) is 1.73. The van der Waals surface area contributed by atoms with Gasteiger partial charge in [0.25, 0.3) is 0 Å². The minimum atomic E-state index is 0.328. The van der Waals surface area contributed by atoms with Gasteiger partial charge in [0.1, 0.15) is 0 Å². The highest BCUT2D eigenvalue weighted by Gasteiger charge is 2.08. The molecule has 0 aliphatic carbocycles. The zero-order chi connectivity index (χ0) is 9.42. The lowest BCUT2D eigenvalue weighted by Crippen LogP contribution is -2.12. The first-order valence-corrected chi connectivity index (χ1v) is 4.74. The minimum Gasteiger partial charge on any atom is -0.368 e. The molecule has 0 unspecified atom stereocenters. The van der Waals surface area contributed by atoms with Crippen LogP contribution in [0.3, 0.4) is 0 Å². The Morgan fingerprint density at radius 2 is 2.15 bits per heavy atom. The number of fused-ring (bicyclic) bond motifs is 1. The molecular formula is C8H10N4S. The van der Waals surface area contributed by atoms with Crippen LogP contribution in [0.4, 0.5) is 11.8 Å². The van der Waals surface area contributed by atoms with Gasteiger partial charge < -0.3 is 10.6 Å². The molecule has 68 valence electrons. The Hall–Kier alpha value is -1.36. The smallest absolute Gasteiger partial charge is 0.222 e. The van der Waals surface area contributed by atoms with E-state index in [1.165, 1.54) is 0 Å². The van der Waals surface area contributed by atoms with Gasteiger partial charge in [0, 0.05) is 14.1 Å². The predicted molar refractivity (Wildman–Crippen MR) is 56.2 cm³/mol. The fraction of sp³-hybridized carbons (Fsp3) is 0.250. The normalized spacial score (nSPS) is 10.6. The molecule has 13 heavy (non-hydrogen) atoms. The Balaban J connectivity index is 2.77. The molecule has 0 bridgehead atoms. The Morgan fingerprint density at radius 3 is 2.85 bits per heavy atom. The first kappa shape index (κ1) is 8.25. The molecule has 2 N–H and O–H groups in total. The molecule has 0 radical (unpaired) electrons. The van der Waals surface area contributed by atoms with E-state index in [1.54, 1.807) is 11.3 Å². The average molecular weight is 194 g/mol. The van der Waals surface area contributed by atoms with Crippen LogP contribution in [0, 0.1) is 0 Å². The molecule has 0 saturated heterocycles. The molecule has 0 aromatic carbocycles. The van der Waals surface area contributed by atoms with Crippen molar-refractivity contribution in [2.24, 2.45) is 0 Å². The van der Waals surface area contributed by atoms with Crippen molar-refractivity contribution < 1.29 is 0 Å². The topological polar surface area (TPSA) is 55.0 Å². The highest BCUT2D eigenvalue weighted by atomic mass is 32.1. The predicted octanol–water partition coefficient (Wildman–Crippen LogP) is 1.34. The van der Waals surface area contributed by atoms with Crippen molar-refractivity contribution in [3.63, 3.8) is 0 Å². The van der Waals surface area contributed by atoms with E-state index in [0.29, 0.717) is 5.95 Å². The SMILES string of the molecule is CN(C)c1nc(N)nc2ccsc12. The fourth-order valence-electron chi connectivity index (χ4n) is 1.17. The second-order valence-electron chi connectivity index (χ2n) is 2.93. The maximum Gasteiger partial charge on any atom is 0.222 e. The van der Waals surface area contributed by atoms with Crippen molar-refractivity contribution in [1.82, 2.24) is 9.97 Å². The summed E-state index contributed by atoms with van der Waals surface area (Å²) in [6.45, 7) is 0. The van der Waals surface area contributed by atoms with Gasteiger partial charge in [0.05, 0.1) is 10.2 Å². The molecule has 0 aliphatic rings. The number of nitrogens with zero attached hydrogens (tertiary/aromatic N) is 3. The van der Waals surface area contributed by atoms with E-state index >= 15 is 0 Å². The number of hydrogen-bond donors (Lipinski definition) is 1. The van der Waals surface area contributed by atoms with Gasteiger partial charge in [-0.15, -0.1) is 11.3 Å². The largest absolute Gasteiger partial charge is 0.368 e. The quantitative estimate of drug-likeness (QED) is 0.744. The molecule has 0 atom stereocenters. The van der Waals surface area contributed by atoms with E-state index < -0.39 is 0 Å². The van der Waals surface area contributed by atoms with Gasteiger partial charge in [-0.25, -0.2) is 4.98 Å². The van der Waals surface area contributed by atoms with Crippen molar-refractivity contribution in [1.29, 1.82) is 0 Å². The molecule has 5 heteroatoms. The van der Waals surface area contributed by atoms with Crippen LogP contribution in [0.5, 0.6) is 0 Å². The van der Waals surface area contributed by atoms with Gasteiger partial charge in [-0.2, -0.15) is 4.98 Å². The number of hydrogen-bond acceptors (Lipinski definition) is 5. The van der Waals surface area contributed by atoms with Gasteiger partial charge >= 0.3 is 0 Å². The van der Waals surface area contributed by atoms with Gasteiger partial charge in [0.2, 0.25) is 5.95 Å². The van der Waals surface area contributed by atoms with Gasteiger partial charge in [-0.3, -0.25) is 0 Å². The van der Waals surface area contributed by atoms with E-state index in [9.17, 15) is 0 Å². The molecule has 0 aliphatic heterocycles. The van der Waals surface area contributed by atoms with Crippen LogP contribution in [-0.4, -0.2) is 24.1 Å². The highest BCUT2D eigenvalue weighted by molar-refractivity contribution is 7.17. The van der Waals surface area contributed by atoms with E-state index in [1.807, 2.05) is 30.4 Å². The van der Waals surface area contributed by atoms with Crippen LogP contribution < -0.4 is 10.6 Å². The first-order chi connectivity index (χ1) is 6.18. The molecule has 0 saturated carbocycles. The van der Waals surface area contributed by atoms with E-state index in [0.717, 1.165) is 16.0 Å². The third kappa shape index (κ3) is 1.31. The summed E-state index contributed by atoms with van der Waals surface area (Å²) in [7, 11) is 3.89. The number of thiophene rings is 1. The van der Waals surface area contributed by atoms with Gasteiger partial charge in [0.15, 0.2) is 5.82 Å². The van der Waals surface area contributed by atoms with Crippen LogP contribution in [0.25, 0.3) is 10.2 Å². The minimum absolute atomic E-state index is 0.328. The highest BCUT2D eigenvalue weighted by Crippen LogP contribution is 2.27. The van der Waals surface area contributed by atoms with Crippen LogP contribution in [0.2, 0.25) is 0 Å². The number of nitrogen functional groups attached to an aromatic ring is 1. The summed E-state index contributed by atoms with van der Waals surface area (Å²) in [4.78, 5) is 10.2. The van der Waals surface area contributed by atoms with Crippen LogP contribution in [-0.2, 0) is 0 Å². The lowest BCUT2D eigenvalue weighted by Gasteiger charge is -2.11. The van der Waals surface area contributed by atoms with E-state index in [4.69, 9.17) is 5.73 Å². The van der Waals surface area contributed by atoms with Crippen LogP contribution in [0.1, 0.15) is 0 Å². The summed E-state index contributed by atoms with van der Waals surface area (Å²) in [5, 5.41) is 1.99. The summed E-state index contributed by atoms with van der Waals surface area (Å²) in [5.41, 5.74) is 6.50. The molecule has 0 amide bonds. The monoisotopic (exact) mass is 194 g/mol. The molecule has 2 rings (SSSR count). The molecule has 0 spiro atoms. The average Bonchev–Trinajstić information content (AvgIpc) is 2.49. The summed E-state index contributed by atoms with van der Waals surface area (Å²) in [6.07, 6.45) is 0. The maximum atomic E-state index is 5.58. The molecule has 4 nitrogen and oxygen atoms in total. The third-order valence-corrected chi connectivity index (χ3v) is 2.63. The van der Waals surface area contributed by atoms with Gasteiger partial charge in [-0.05, 0) is 11.4 Å². The van der Waals surface area contributed by atoms with E-state index in [2.05, 4.69) is 9.97 Å². The summed E-state index contributed by atoms with van der Waals surface area (Å²) in [6, 6.07) is 1.95. The number of rotatable bonds is 1. The van der Waals surface area contributed by atoms with E-state index in [-0.39, 0.29) is 0 Å². The first-order valence-electron chi connectivity index (χ1n) is 3.86. The van der Waals surface area contributed by atoms with Crippen molar-refractivity contribution in [3.05, 3.63) is 11.4 Å². The van der Waals surface area contributed by atoms with Crippen LogP contribution in [0.15, 0.2) is 11.4 Å². The van der Waals surface area contributed by atoms with Crippen LogP contribution >= 0.6 is 11.3 Å². The Labute approximate surface area is 80.0 Å². The number of anilines is 2. The fourth-order valence-corrected chi connectivity index (χ4v) is 2.07. The van der Waals surface area contributed by atoms with Crippen molar-refractivity contribution in [2.45, 2.75) is 0 Å². The second kappa shape index (κ2) is 2.85. The zero-order valence-corrected chi connectivity index (χ0v) is 8.30. The standard InChI is InChI=1S/C8H10N4S/c1-12(2)7-6-5(3-4-13-6)10-8(9)11-7/h3-4H,1-2H3,(H2,9,10,11). The molecule has 0 fully saturated rings. The molecular weight excluding hydrogens is 184 g/mol. The Morgan fingerprint density at radius 1 is 1.38 bits per heavy atom. The zero-order valence-electron chi connectivity index (χ0n) is 7.48. The molecule has 2 heterocycles. The number of aromatic nitrogens is 2. The Bertz CT molecular complexity index is 435. The second-order valence-corrected chi connectivity index (χ2v) is 3.85. The van der Waals surface area contributed by atoms with Crippen molar-refractivity contribution in [3.8, 4) is 0 Å². The molecule has 2 aromatic heterocycles. The number of nitrogens with two attached hydrogens (primary N) is 1. The van der Waals surface area contributed by atoms with Gasteiger partial charge in [-0.1, -0.05) is 0 Å². The summed E-state index contributed by atoms with van der Waals surface area (Å²) in [5.74, 6) is 1.21. The lowest BCUT2D eigenvalue weighted by molar-refractivity contribution is 1.07.